The van der Waals surface area contributed by atoms with Crippen molar-refractivity contribution in [2.45, 2.75) is 13.8 Å². The lowest BCUT2D eigenvalue weighted by molar-refractivity contribution is 1.29. The Morgan fingerprint density at radius 2 is 0.800 bits per heavy atom. The number of rotatable bonds is 5. The van der Waals surface area contributed by atoms with Gasteiger partial charge >= 0.3 is 0 Å². The molecule has 50 heavy (non-hydrogen) atoms. The summed E-state index contributed by atoms with van der Waals surface area (Å²) in [6.45, 7) is 4.28. The lowest BCUT2D eigenvalue weighted by Gasteiger charge is -2.19. The molecule has 0 bridgehead atoms. The second-order valence-electron chi connectivity index (χ2n) is 13.1. The maximum Gasteiger partial charge on any atom is 0.0349 e. The number of fused-ring (bicyclic) bond motifs is 3. The first-order valence-corrected chi connectivity index (χ1v) is 17.1. The number of hydrogen-bond acceptors (Lipinski definition) is 2. The first-order chi connectivity index (χ1) is 24.6. The first-order valence-electron chi connectivity index (χ1n) is 17.1. The van der Waals surface area contributed by atoms with Crippen molar-refractivity contribution in [3.05, 3.63) is 182 Å². The molecule has 2 aromatic heterocycles. The minimum absolute atomic E-state index is 1.16. The van der Waals surface area contributed by atoms with Crippen molar-refractivity contribution in [2.24, 2.45) is 0 Å². The number of aromatic nitrogens is 2. The highest BCUT2D eigenvalue weighted by molar-refractivity contribution is 6.22. The fraction of sp³-hybridized carbons (Fsp3) is 0.0417. The van der Waals surface area contributed by atoms with Gasteiger partial charge in [-0.2, -0.15) is 0 Å². The standard InChI is InChI=1S/C48H34N2/c1-31-24-26-49-29-45(31)34-14-18-36(19-15-34)47-41-11-5-6-12-42(41)48(37-20-16-35(17-21-37)46-30-50-27-25-32(46)2)44-28-38(22-23-43(44)47)40-13-7-9-33-8-3-4-10-39(33)40/h3-30H,1-2H3. The maximum atomic E-state index is 4.41. The summed E-state index contributed by atoms with van der Waals surface area (Å²) in [6, 6.07) is 53.4. The predicted molar refractivity (Wildman–Crippen MR) is 211 cm³/mol. The molecule has 0 atom stereocenters. The molecule has 0 fully saturated rings. The molecule has 0 amide bonds. The maximum absolute atomic E-state index is 4.41. The highest BCUT2D eigenvalue weighted by atomic mass is 14.6. The van der Waals surface area contributed by atoms with E-state index < -0.39 is 0 Å². The number of nitrogens with zero attached hydrogens (tertiary/aromatic N) is 2. The molecule has 0 aliphatic carbocycles. The molecular formula is C48H34N2. The van der Waals surface area contributed by atoms with Crippen LogP contribution in [-0.2, 0) is 0 Å². The second kappa shape index (κ2) is 12.3. The van der Waals surface area contributed by atoms with Crippen LogP contribution in [0.3, 0.4) is 0 Å². The molecular weight excluding hydrogens is 605 g/mol. The van der Waals surface area contributed by atoms with E-state index >= 15 is 0 Å². The fourth-order valence-corrected chi connectivity index (χ4v) is 7.61. The van der Waals surface area contributed by atoms with Gasteiger partial charge in [0, 0.05) is 35.9 Å². The second-order valence-corrected chi connectivity index (χ2v) is 13.1. The van der Waals surface area contributed by atoms with Crippen LogP contribution in [0.1, 0.15) is 11.1 Å². The Labute approximate surface area is 292 Å². The lowest BCUT2D eigenvalue weighted by Crippen LogP contribution is -1.93. The molecule has 0 aliphatic heterocycles. The number of hydrogen-bond donors (Lipinski definition) is 0. The molecule has 2 nitrogen and oxygen atoms in total. The number of aryl methyl sites for hydroxylation is 2. The largest absolute Gasteiger partial charge is 0.264 e. The first kappa shape index (κ1) is 29.7. The predicted octanol–water partition coefficient (Wildman–Crippen LogP) is 12.9. The molecule has 0 unspecified atom stereocenters. The van der Waals surface area contributed by atoms with Crippen LogP contribution < -0.4 is 0 Å². The molecule has 0 N–H and O–H groups in total. The molecule has 7 aromatic carbocycles. The van der Waals surface area contributed by atoms with Gasteiger partial charge in [0.25, 0.3) is 0 Å². The van der Waals surface area contributed by atoms with E-state index in [1.165, 1.54) is 88.0 Å². The monoisotopic (exact) mass is 638 g/mol. The molecule has 0 saturated carbocycles. The van der Waals surface area contributed by atoms with Gasteiger partial charge in [0.15, 0.2) is 0 Å². The third-order valence-electron chi connectivity index (χ3n) is 10.2. The fourth-order valence-electron chi connectivity index (χ4n) is 7.61. The molecule has 2 heterocycles. The van der Waals surface area contributed by atoms with Crippen molar-refractivity contribution in [3.8, 4) is 55.6 Å². The van der Waals surface area contributed by atoms with E-state index in [1.54, 1.807) is 0 Å². The quantitative estimate of drug-likeness (QED) is 0.175. The van der Waals surface area contributed by atoms with Crippen molar-refractivity contribution in [3.63, 3.8) is 0 Å². The van der Waals surface area contributed by atoms with E-state index in [0.29, 0.717) is 0 Å². The van der Waals surface area contributed by atoms with Gasteiger partial charge < -0.3 is 0 Å². The summed E-state index contributed by atoms with van der Waals surface area (Å²) in [5, 5.41) is 7.46. The van der Waals surface area contributed by atoms with Crippen LogP contribution in [0.4, 0.5) is 0 Å². The average molecular weight is 639 g/mol. The Balaban J connectivity index is 1.31. The summed E-state index contributed by atoms with van der Waals surface area (Å²) >= 11 is 0. The molecule has 9 rings (SSSR count). The summed E-state index contributed by atoms with van der Waals surface area (Å²) in [4.78, 5) is 8.81. The van der Waals surface area contributed by atoms with Gasteiger partial charge in [-0.25, -0.2) is 0 Å². The summed E-state index contributed by atoms with van der Waals surface area (Å²) < 4.78 is 0. The van der Waals surface area contributed by atoms with Gasteiger partial charge in [0.1, 0.15) is 0 Å². The smallest absolute Gasteiger partial charge is 0.0349 e. The van der Waals surface area contributed by atoms with E-state index in [-0.39, 0.29) is 0 Å². The van der Waals surface area contributed by atoms with E-state index in [9.17, 15) is 0 Å². The molecule has 2 heteroatoms. The van der Waals surface area contributed by atoms with Crippen LogP contribution in [0.5, 0.6) is 0 Å². The zero-order valence-electron chi connectivity index (χ0n) is 28.1. The molecule has 9 aromatic rings. The summed E-state index contributed by atoms with van der Waals surface area (Å²) in [6.07, 6.45) is 7.63. The van der Waals surface area contributed by atoms with Crippen LogP contribution in [0.15, 0.2) is 170 Å². The summed E-state index contributed by atoms with van der Waals surface area (Å²) in [5.41, 5.74) is 14.4. The minimum Gasteiger partial charge on any atom is -0.264 e. The Morgan fingerprint density at radius 3 is 1.38 bits per heavy atom. The van der Waals surface area contributed by atoms with Gasteiger partial charge in [-0.1, -0.05) is 127 Å². The van der Waals surface area contributed by atoms with Crippen LogP contribution in [0.2, 0.25) is 0 Å². The van der Waals surface area contributed by atoms with Crippen molar-refractivity contribution in [2.75, 3.05) is 0 Å². The summed E-state index contributed by atoms with van der Waals surface area (Å²) in [5.74, 6) is 0. The average Bonchev–Trinajstić information content (AvgIpc) is 3.17. The van der Waals surface area contributed by atoms with Gasteiger partial charge in [0.2, 0.25) is 0 Å². The highest BCUT2D eigenvalue weighted by Gasteiger charge is 2.18. The Bertz CT molecular complexity index is 2700. The van der Waals surface area contributed by atoms with Gasteiger partial charge in [-0.15, -0.1) is 0 Å². The summed E-state index contributed by atoms with van der Waals surface area (Å²) in [7, 11) is 0. The Morgan fingerprint density at radius 1 is 0.340 bits per heavy atom. The number of benzene rings is 7. The van der Waals surface area contributed by atoms with Crippen LogP contribution in [0.25, 0.3) is 88.0 Å². The molecule has 236 valence electrons. The third-order valence-corrected chi connectivity index (χ3v) is 10.2. The zero-order valence-corrected chi connectivity index (χ0v) is 28.1. The highest BCUT2D eigenvalue weighted by Crippen LogP contribution is 2.46. The van der Waals surface area contributed by atoms with Gasteiger partial charge in [-0.05, 0) is 120 Å². The Hall–Kier alpha value is -6.38. The SMILES string of the molecule is Cc1ccncc1-c1ccc(-c2c3ccccc3c(-c3ccc(-c4cnccc4C)cc3)c3cc(-c4cccc5ccccc45)ccc23)cc1. The topological polar surface area (TPSA) is 25.8 Å². The Kier molecular flexibility index (Phi) is 7.29. The van der Waals surface area contributed by atoms with E-state index in [1.807, 2.05) is 24.8 Å². The van der Waals surface area contributed by atoms with Gasteiger partial charge in [0.05, 0.1) is 0 Å². The van der Waals surface area contributed by atoms with Crippen LogP contribution in [-0.4, -0.2) is 9.97 Å². The number of pyridine rings is 2. The van der Waals surface area contributed by atoms with Crippen molar-refractivity contribution < 1.29 is 0 Å². The van der Waals surface area contributed by atoms with Crippen molar-refractivity contribution in [1.29, 1.82) is 0 Å². The molecule has 0 aliphatic rings. The lowest BCUT2D eigenvalue weighted by atomic mass is 9.84. The molecule has 0 radical (unpaired) electrons. The molecule has 0 saturated heterocycles. The van der Waals surface area contributed by atoms with Crippen LogP contribution in [0, 0.1) is 13.8 Å². The van der Waals surface area contributed by atoms with Crippen LogP contribution >= 0.6 is 0 Å². The van der Waals surface area contributed by atoms with E-state index in [2.05, 4.69) is 169 Å². The van der Waals surface area contributed by atoms with E-state index in [4.69, 9.17) is 0 Å². The minimum atomic E-state index is 1.16. The van der Waals surface area contributed by atoms with Crippen molar-refractivity contribution >= 4 is 32.3 Å². The zero-order chi connectivity index (χ0) is 33.6. The van der Waals surface area contributed by atoms with Gasteiger partial charge in [-0.3, -0.25) is 9.97 Å². The normalized spacial score (nSPS) is 11.4. The van der Waals surface area contributed by atoms with E-state index in [0.717, 1.165) is 11.1 Å². The van der Waals surface area contributed by atoms with Crippen molar-refractivity contribution in [1.82, 2.24) is 9.97 Å². The molecule has 0 spiro atoms. The third kappa shape index (κ3) is 5.05.